The highest BCUT2D eigenvalue weighted by Crippen LogP contribution is 2.22. The van der Waals surface area contributed by atoms with Gasteiger partial charge in [-0.25, -0.2) is 0 Å². The number of aliphatic carboxylic acids is 1. The molecule has 1 N–H and O–H groups in total. The number of aromatic nitrogens is 1. The monoisotopic (exact) mass is 324 g/mol. The molecular weight excluding hydrogens is 304 g/mol. The van der Waals surface area contributed by atoms with E-state index in [2.05, 4.69) is 0 Å². The summed E-state index contributed by atoms with van der Waals surface area (Å²) in [4.78, 5) is 23.1. The summed E-state index contributed by atoms with van der Waals surface area (Å²) in [5, 5.41) is 17.8. The minimum absolute atomic E-state index is 0.0751. The molecule has 0 saturated heterocycles. The van der Waals surface area contributed by atoms with Gasteiger partial charge in [0.1, 0.15) is 11.6 Å². The van der Waals surface area contributed by atoms with Gasteiger partial charge < -0.3 is 9.67 Å². The van der Waals surface area contributed by atoms with Crippen molar-refractivity contribution >= 4 is 5.97 Å². The summed E-state index contributed by atoms with van der Waals surface area (Å²) in [5.74, 6) is -0.845. The van der Waals surface area contributed by atoms with Gasteiger partial charge >= 0.3 is 5.97 Å². The third-order valence-electron chi connectivity index (χ3n) is 4.12. The van der Waals surface area contributed by atoms with Crippen LogP contribution in [0.4, 0.5) is 0 Å². The fraction of sp³-hybridized carbons (Fsp3) is 0.316. The van der Waals surface area contributed by atoms with E-state index in [-0.39, 0.29) is 17.5 Å². The van der Waals surface area contributed by atoms with Crippen LogP contribution in [0, 0.1) is 25.2 Å². The second kappa shape index (κ2) is 7.60. The Hall–Kier alpha value is -2.87. The Kier molecular flexibility index (Phi) is 5.54. The van der Waals surface area contributed by atoms with E-state index >= 15 is 0 Å². The lowest BCUT2D eigenvalue weighted by Gasteiger charge is -2.14. The van der Waals surface area contributed by atoms with E-state index in [1.807, 2.05) is 38.1 Å². The van der Waals surface area contributed by atoms with Crippen molar-refractivity contribution in [3.05, 3.63) is 57.4 Å². The highest BCUT2D eigenvalue weighted by atomic mass is 16.4. The summed E-state index contributed by atoms with van der Waals surface area (Å²) in [6.45, 7) is 4.43. The summed E-state index contributed by atoms with van der Waals surface area (Å²) >= 11 is 0. The van der Waals surface area contributed by atoms with E-state index in [0.29, 0.717) is 19.4 Å². The number of aryl methyl sites for hydroxylation is 2. The van der Waals surface area contributed by atoms with Crippen molar-refractivity contribution in [2.75, 3.05) is 0 Å². The van der Waals surface area contributed by atoms with Gasteiger partial charge in [-0.2, -0.15) is 5.26 Å². The van der Waals surface area contributed by atoms with Crippen LogP contribution in [0.15, 0.2) is 35.1 Å². The maximum atomic E-state index is 12.5. The lowest BCUT2D eigenvalue weighted by atomic mass is 10.0. The lowest BCUT2D eigenvalue weighted by Crippen LogP contribution is -2.24. The molecule has 2 rings (SSSR count). The molecule has 0 atom stereocenters. The quantitative estimate of drug-likeness (QED) is 0.827. The molecule has 0 aliphatic rings. The van der Waals surface area contributed by atoms with Gasteiger partial charge in [-0.3, -0.25) is 9.59 Å². The maximum absolute atomic E-state index is 12.5. The summed E-state index contributed by atoms with van der Waals surface area (Å²) in [5.41, 5.74) is 3.73. The van der Waals surface area contributed by atoms with Gasteiger partial charge in [-0.1, -0.05) is 12.1 Å². The first-order valence-electron chi connectivity index (χ1n) is 7.87. The molecule has 0 amide bonds. The number of nitrogens with zero attached hydrogens (tertiary/aromatic N) is 2. The zero-order valence-corrected chi connectivity index (χ0v) is 13.9. The molecule has 0 spiro atoms. The zero-order valence-electron chi connectivity index (χ0n) is 13.9. The molecule has 0 aliphatic heterocycles. The smallest absolute Gasteiger partial charge is 0.303 e. The molecule has 124 valence electrons. The lowest BCUT2D eigenvalue weighted by molar-refractivity contribution is -0.137. The molecule has 0 radical (unpaired) electrons. The largest absolute Gasteiger partial charge is 0.481 e. The number of carbonyl (C=O) groups is 1. The van der Waals surface area contributed by atoms with Crippen LogP contribution in [0.3, 0.4) is 0 Å². The number of nitriles is 1. The molecule has 5 nitrogen and oxygen atoms in total. The van der Waals surface area contributed by atoms with E-state index in [1.165, 1.54) is 5.56 Å². The van der Waals surface area contributed by atoms with Gasteiger partial charge in [-0.05, 0) is 61.6 Å². The molecule has 0 fully saturated rings. The maximum Gasteiger partial charge on any atom is 0.303 e. The van der Waals surface area contributed by atoms with Gasteiger partial charge in [0, 0.05) is 13.0 Å². The highest BCUT2D eigenvalue weighted by molar-refractivity contribution is 5.66. The number of carboxylic acid groups (broad SMARTS) is 1. The van der Waals surface area contributed by atoms with Crippen molar-refractivity contribution < 1.29 is 9.90 Å². The topological polar surface area (TPSA) is 83.1 Å². The van der Waals surface area contributed by atoms with E-state index in [1.54, 1.807) is 16.7 Å². The zero-order chi connectivity index (χ0) is 17.7. The third-order valence-corrected chi connectivity index (χ3v) is 4.12. The first-order chi connectivity index (χ1) is 11.4. The standard InChI is InChI=1S/C19H20N2O3/c1-13-6-7-15(11-14(13)2)17-9-8-16(12-20)19(24)21(17)10-4-3-5-18(22)23/h6-9,11H,3-5,10H2,1-2H3,(H,22,23). The minimum Gasteiger partial charge on any atom is -0.481 e. The molecule has 2 aromatic rings. The van der Waals surface area contributed by atoms with Gasteiger partial charge in [0.05, 0.1) is 5.69 Å². The van der Waals surface area contributed by atoms with E-state index in [4.69, 9.17) is 10.4 Å². The van der Waals surface area contributed by atoms with Crippen LogP contribution < -0.4 is 5.56 Å². The molecule has 0 aliphatic carbocycles. The number of benzene rings is 1. The molecule has 1 aromatic carbocycles. The Labute approximate surface area is 140 Å². The Balaban J connectivity index is 2.41. The first kappa shape index (κ1) is 17.5. The Bertz CT molecular complexity index is 860. The average Bonchev–Trinajstić information content (AvgIpc) is 2.55. The fourth-order valence-corrected chi connectivity index (χ4v) is 2.58. The van der Waals surface area contributed by atoms with E-state index < -0.39 is 5.97 Å². The van der Waals surface area contributed by atoms with Crippen molar-refractivity contribution in [3.63, 3.8) is 0 Å². The number of hydrogen-bond acceptors (Lipinski definition) is 3. The predicted octanol–water partition coefficient (Wildman–Crippen LogP) is 3.26. The Morgan fingerprint density at radius 1 is 1.17 bits per heavy atom. The van der Waals surface area contributed by atoms with Gasteiger partial charge in [0.2, 0.25) is 0 Å². The molecule has 0 unspecified atom stereocenters. The van der Waals surface area contributed by atoms with Gasteiger partial charge in [0.15, 0.2) is 0 Å². The van der Waals surface area contributed by atoms with Crippen LogP contribution in [0.1, 0.15) is 36.0 Å². The number of rotatable bonds is 6. The van der Waals surface area contributed by atoms with Crippen LogP contribution in [0.2, 0.25) is 0 Å². The first-order valence-corrected chi connectivity index (χ1v) is 7.87. The average molecular weight is 324 g/mol. The molecule has 1 heterocycles. The van der Waals surface area contributed by atoms with Crippen LogP contribution in [-0.4, -0.2) is 15.6 Å². The second-order valence-electron chi connectivity index (χ2n) is 5.85. The van der Waals surface area contributed by atoms with E-state index in [0.717, 1.165) is 16.8 Å². The van der Waals surface area contributed by atoms with Crippen molar-refractivity contribution in [2.24, 2.45) is 0 Å². The highest BCUT2D eigenvalue weighted by Gasteiger charge is 2.11. The minimum atomic E-state index is -0.845. The summed E-state index contributed by atoms with van der Waals surface area (Å²) in [7, 11) is 0. The number of pyridine rings is 1. The predicted molar refractivity (Wildman–Crippen MR) is 91.8 cm³/mol. The van der Waals surface area contributed by atoms with Crippen molar-refractivity contribution in [1.82, 2.24) is 4.57 Å². The summed E-state index contributed by atoms with van der Waals surface area (Å²) in [6, 6.07) is 11.2. The molecule has 5 heteroatoms. The molecule has 0 saturated carbocycles. The van der Waals surface area contributed by atoms with Crippen molar-refractivity contribution in [2.45, 2.75) is 39.7 Å². The van der Waals surface area contributed by atoms with Crippen LogP contribution in [-0.2, 0) is 11.3 Å². The van der Waals surface area contributed by atoms with Crippen molar-refractivity contribution in [1.29, 1.82) is 5.26 Å². The molecule has 24 heavy (non-hydrogen) atoms. The molecule has 1 aromatic heterocycles. The van der Waals surface area contributed by atoms with Crippen LogP contribution in [0.25, 0.3) is 11.3 Å². The normalized spacial score (nSPS) is 10.4. The summed E-state index contributed by atoms with van der Waals surface area (Å²) < 4.78 is 1.57. The van der Waals surface area contributed by atoms with Crippen molar-refractivity contribution in [3.8, 4) is 17.3 Å². The Morgan fingerprint density at radius 3 is 2.54 bits per heavy atom. The molecular formula is C19H20N2O3. The van der Waals surface area contributed by atoms with Crippen LogP contribution in [0.5, 0.6) is 0 Å². The number of unbranched alkanes of at least 4 members (excludes halogenated alkanes) is 1. The Morgan fingerprint density at radius 2 is 1.92 bits per heavy atom. The number of hydrogen-bond donors (Lipinski definition) is 1. The van der Waals surface area contributed by atoms with Gasteiger partial charge in [0.25, 0.3) is 5.56 Å². The SMILES string of the molecule is Cc1ccc(-c2ccc(C#N)c(=O)n2CCCCC(=O)O)cc1C. The van der Waals surface area contributed by atoms with Crippen LogP contribution >= 0.6 is 0 Å². The summed E-state index contributed by atoms with van der Waals surface area (Å²) in [6.07, 6.45) is 1.13. The van der Waals surface area contributed by atoms with Gasteiger partial charge in [-0.15, -0.1) is 0 Å². The third kappa shape index (κ3) is 3.90. The number of carboxylic acids is 1. The van der Waals surface area contributed by atoms with E-state index in [9.17, 15) is 9.59 Å². The molecule has 0 bridgehead atoms. The fourth-order valence-electron chi connectivity index (χ4n) is 2.58. The second-order valence-corrected chi connectivity index (χ2v) is 5.85.